The molecule has 1 aromatic rings. The molecular formula is C13H19ClN4O3. The van der Waals surface area contributed by atoms with Crippen LogP contribution in [0.5, 0.6) is 6.01 Å². The summed E-state index contributed by atoms with van der Waals surface area (Å²) < 4.78 is 5.00. The van der Waals surface area contributed by atoms with Crippen molar-refractivity contribution in [1.82, 2.24) is 15.3 Å². The Balaban J connectivity index is 2.19. The van der Waals surface area contributed by atoms with Gasteiger partial charge in [-0.15, -0.1) is 0 Å². The van der Waals surface area contributed by atoms with Crippen LogP contribution in [0.4, 0.5) is 5.82 Å². The highest BCUT2D eigenvalue weighted by Crippen LogP contribution is 2.31. The van der Waals surface area contributed by atoms with E-state index in [9.17, 15) is 9.90 Å². The van der Waals surface area contributed by atoms with Gasteiger partial charge in [0.05, 0.1) is 25.3 Å². The minimum absolute atomic E-state index is 0.0554. The number of methoxy groups -OCH3 is 1. The molecule has 0 bridgehead atoms. The van der Waals surface area contributed by atoms with Gasteiger partial charge in [-0.25, -0.2) is 4.98 Å². The second kappa shape index (κ2) is 6.44. The lowest BCUT2D eigenvalue weighted by atomic mass is 9.89. The molecule has 2 heterocycles. The number of hydrogen-bond acceptors (Lipinski definition) is 6. The molecule has 8 heteroatoms. The maximum Gasteiger partial charge on any atom is 0.318 e. The molecule has 2 rings (SSSR count). The Kier molecular flexibility index (Phi) is 4.84. The second-order valence-corrected chi connectivity index (χ2v) is 5.53. The van der Waals surface area contributed by atoms with Gasteiger partial charge < -0.3 is 20.1 Å². The van der Waals surface area contributed by atoms with Crippen LogP contribution in [0.15, 0.2) is 6.20 Å². The number of nitrogens with one attached hydrogen (secondary N) is 1. The Bertz CT molecular complexity index is 528. The molecule has 2 N–H and O–H groups in total. The van der Waals surface area contributed by atoms with Crippen molar-refractivity contribution in [1.29, 1.82) is 0 Å². The molecule has 1 atom stereocenters. The molecule has 1 unspecified atom stereocenters. The van der Waals surface area contributed by atoms with Gasteiger partial charge in [-0.05, 0) is 12.8 Å². The van der Waals surface area contributed by atoms with E-state index < -0.39 is 5.60 Å². The fraction of sp³-hybridized carbons (Fsp3) is 0.615. The molecule has 0 saturated carbocycles. The normalized spacial score (nSPS) is 22.0. The summed E-state index contributed by atoms with van der Waals surface area (Å²) in [5.41, 5.74) is -1.08. The van der Waals surface area contributed by atoms with Crippen LogP contribution in [0.2, 0.25) is 5.02 Å². The van der Waals surface area contributed by atoms with Crippen molar-refractivity contribution in [2.24, 2.45) is 0 Å². The lowest BCUT2D eigenvalue weighted by Crippen LogP contribution is -2.50. The predicted octanol–water partition coefficient (Wildman–Crippen LogP) is 0.606. The number of piperidine rings is 1. The van der Waals surface area contributed by atoms with Crippen molar-refractivity contribution >= 4 is 23.3 Å². The number of carbonyl (C=O) groups excluding carboxylic acids is 1. The van der Waals surface area contributed by atoms with Gasteiger partial charge in [-0.2, -0.15) is 4.98 Å². The molecule has 0 aliphatic carbocycles. The van der Waals surface area contributed by atoms with Crippen LogP contribution >= 0.6 is 11.6 Å². The van der Waals surface area contributed by atoms with Gasteiger partial charge in [0, 0.05) is 20.1 Å². The van der Waals surface area contributed by atoms with Crippen molar-refractivity contribution in [3.8, 4) is 6.01 Å². The number of amides is 1. The second-order valence-electron chi connectivity index (χ2n) is 5.13. The first-order chi connectivity index (χ1) is 9.97. The molecule has 1 aliphatic rings. The van der Waals surface area contributed by atoms with E-state index in [4.69, 9.17) is 16.3 Å². The van der Waals surface area contributed by atoms with Crippen LogP contribution in [0.25, 0.3) is 0 Å². The van der Waals surface area contributed by atoms with E-state index in [0.717, 1.165) is 6.42 Å². The summed E-state index contributed by atoms with van der Waals surface area (Å²) in [5.74, 6) is 0.323. The van der Waals surface area contributed by atoms with Gasteiger partial charge >= 0.3 is 6.01 Å². The van der Waals surface area contributed by atoms with E-state index in [1.807, 2.05) is 4.90 Å². The van der Waals surface area contributed by atoms with Crippen LogP contribution in [0, 0.1) is 0 Å². The number of halogens is 1. The van der Waals surface area contributed by atoms with Crippen molar-refractivity contribution in [2.45, 2.75) is 24.9 Å². The lowest BCUT2D eigenvalue weighted by molar-refractivity contribution is -0.125. The zero-order valence-corrected chi connectivity index (χ0v) is 12.9. The number of ether oxygens (including phenoxy) is 1. The minimum Gasteiger partial charge on any atom is -0.467 e. The van der Waals surface area contributed by atoms with Gasteiger partial charge in [-0.1, -0.05) is 11.6 Å². The SMILES string of the molecule is CNC(=O)CC1(O)CCCN(c2nc(OC)ncc2Cl)C1. The minimum atomic E-state index is -1.08. The molecule has 7 nitrogen and oxygen atoms in total. The summed E-state index contributed by atoms with van der Waals surface area (Å²) in [6.45, 7) is 0.996. The Morgan fingerprint density at radius 2 is 2.43 bits per heavy atom. The Hall–Kier alpha value is -1.60. The van der Waals surface area contributed by atoms with Gasteiger partial charge in [0.2, 0.25) is 5.91 Å². The highest BCUT2D eigenvalue weighted by Gasteiger charge is 2.36. The summed E-state index contributed by atoms with van der Waals surface area (Å²) in [4.78, 5) is 21.6. The molecule has 116 valence electrons. The Labute approximate surface area is 128 Å². The summed E-state index contributed by atoms with van der Waals surface area (Å²) in [6, 6.07) is 0.217. The lowest BCUT2D eigenvalue weighted by Gasteiger charge is -2.39. The summed E-state index contributed by atoms with van der Waals surface area (Å²) in [7, 11) is 3.03. The third kappa shape index (κ3) is 3.74. The predicted molar refractivity (Wildman–Crippen MR) is 78.7 cm³/mol. The number of rotatable bonds is 4. The van der Waals surface area contributed by atoms with Crippen LogP contribution in [-0.4, -0.2) is 53.8 Å². The number of aliphatic hydroxyl groups is 1. The fourth-order valence-electron chi connectivity index (χ4n) is 2.49. The molecular weight excluding hydrogens is 296 g/mol. The summed E-state index contributed by atoms with van der Waals surface area (Å²) in [5, 5.41) is 13.5. The molecule has 21 heavy (non-hydrogen) atoms. The molecule has 1 fully saturated rings. The zero-order valence-electron chi connectivity index (χ0n) is 12.1. The number of aromatic nitrogens is 2. The average Bonchev–Trinajstić information content (AvgIpc) is 2.47. The number of carbonyl (C=O) groups is 1. The van der Waals surface area contributed by atoms with E-state index in [2.05, 4.69) is 15.3 Å². The van der Waals surface area contributed by atoms with E-state index in [0.29, 0.717) is 30.4 Å². The fourth-order valence-corrected chi connectivity index (χ4v) is 2.70. The monoisotopic (exact) mass is 314 g/mol. The van der Waals surface area contributed by atoms with E-state index >= 15 is 0 Å². The molecule has 1 aliphatic heterocycles. The van der Waals surface area contributed by atoms with Crippen molar-refractivity contribution in [3.63, 3.8) is 0 Å². The molecule has 0 aromatic carbocycles. The first-order valence-corrected chi connectivity index (χ1v) is 7.10. The van der Waals surface area contributed by atoms with E-state index in [-0.39, 0.29) is 18.3 Å². The van der Waals surface area contributed by atoms with Crippen LogP contribution in [-0.2, 0) is 4.79 Å². The average molecular weight is 315 g/mol. The highest BCUT2D eigenvalue weighted by atomic mass is 35.5. The van der Waals surface area contributed by atoms with Crippen LogP contribution < -0.4 is 15.0 Å². The summed E-state index contributed by atoms with van der Waals surface area (Å²) in [6.07, 6.45) is 2.84. The quantitative estimate of drug-likeness (QED) is 0.846. The first kappa shape index (κ1) is 15.8. The number of hydrogen-bond donors (Lipinski definition) is 2. The molecule has 1 amide bonds. The topological polar surface area (TPSA) is 87.6 Å². The van der Waals surface area contributed by atoms with E-state index in [1.54, 1.807) is 7.05 Å². The molecule has 1 saturated heterocycles. The zero-order chi connectivity index (χ0) is 15.5. The number of nitrogens with zero attached hydrogens (tertiary/aromatic N) is 3. The number of β-amino-alcohol motifs (C(OH)–C–C–N with tert-alkyl or cyclic N) is 1. The number of anilines is 1. The van der Waals surface area contributed by atoms with Gasteiger partial charge in [-0.3, -0.25) is 4.79 Å². The largest absolute Gasteiger partial charge is 0.467 e. The smallest absolute Gasteiger partial charge is 0.318 e. The van der Waals surface area contributed by atoms with Gasteiger partial charge in [0.1, 0.15) is 5.02 Å². The highest BCUT2D eigenvalue weighted by molar-refractivity contribution is 6.32. The molecule has 0 radical (unpaired) electrons. The van der Waals surface area contributed by atoms with Crippen molar-refractivity contribution in [2.75, 3.05) is 32.1 Å². The Morgan fingerprint density at radius 1 is 1.67 bits per heavy atom. The van der Waals surface area contributed by atoms with Crippen LogP contribution in [0.1, 0.15) is 19.3 Å². The van der Waals surface area contributed by atoms with Crippen molar-refractivity contribution in [3.05, 3.63) is 11.2 Å². The third-order valence-corrected chi connectivity index (χ3v) is 3.78. The molecule has 1 aromatic heterocycles. The molecule has 0 spiro atoms. The maximum atomic E-state index is 11.5. The third-order valence-electron chi connectivity index (χ3n) is 3.51. The van der Waals surface area contributed by atoms with Gasteiger partial charge in [0.25, 0.3) is 0 Å². The summed E-state index contributed by atoms with van der Waals surface area (Å²) >= 11 is 6.13. The maximum absolute atomic E-state index is 11.5. The Morgan fingerprint density at radius 3 is 3.10 bits per heavy atom. The first-order valence-electron chi connectivity index (χ1n) is 6.72. The standard InChI is InChI=1S/C13H19ClN4O3/c1-15-10(19)6-13(20)4-3-5-18(8-13)11-9(14)7-16-12(17-11)21-2/h7,20H,3-6,8H2,1-2H3,(H,15,19). The van der Waals surface area contributed by atoms with Crippen molar-refractivity contribution < 1.29 is 14.6 Å². The van der Waals surface area contributed by atoms with E-state index in [1.165, 1.54) is 13.3 Å². The van der Waals surface area contributed by atoms with Gasteiger partial charge in [0.15, 0.2) is 5.82 Å². The van der Waals surface area contributed by atoms with Crippen LogP contribution in [0.3, 0.4) is 0 Å².